The smallest absolute Gasteiger partial charge is 0.225 e. The summed E-state index contributed by atoms with van der Waals surface area (Å²) in [5.74, 6) is 0.947. The van der Waals surface area contributed by atoms with Gasteiger partial charge in [-0.1, -0.05) is 0 Å². The van der Waals surface area contributed by atoms with Crippen LogP contribution in [0.2, 0.25) is 0 Å². The Kier molecular flexibility index (Phi) is 5.20. The van der Waals surface area contributed by atoms with Crippen LogP contribution in [0.25, 0.3) is 0 Å². The number of aliphatic hydroxyl groups excluding tert-OH is 1. The first-order chi connectivity index (χ1) is 14.9. The van der Waals surface area contributed by atoms with Gasteiger partial charge in [-0.3, -0.25) is 9.48 Å². The van der Waals surface area contributed by atoms with E-state index in [2.05, 4.69) is 26.8 Å². The second-order valence-corrected chi connectivity index (χ2v) is 9.34. The first kappa shape index (κ1) is 20.4. The SMILES string of the molecule is Cc1nn(C)c(C)c1CCC(=O)N1C2CCC1c1cnc(N3CCCC(O)C3)nc1C2. The van der Waals surface area contributed by atoms with Gasteiger partial charge in [0.15, 0.2) is 0 Å². The van der Waals surface area contributed by atoms with E-state index in [0.29, 0.717) is 13.0 Å². The van der Waals surface area contributed by atoms with E-state index in [4.69, 9.17) is 4.98 Å². The summed E-state index contributed by atoms with van der Waals surface area (Å²) >= 11 is 0. The molecule has 2 bridgehead atoms. The van der Waals surface area contributed by atoms with Crippen LogP contribution in [0.4, 0.5) is 5.95 Å². The Morgan fingerprint density at radius 2 is 2.10 bits per heavy atom. The summed E-state index contributed by atoms with van der Waals surface area (Å²) in [5.41, 5.74) is 5.54. The molecule has 3 aliphatic heterocycles. The molecule has 3 aliphatic rings. The van der Waals surface area contributed by atoms with Crippen molar-refractivity contribution in [1.82, 2.24) is 24.6 Å². The van der Waals surface area contributed by atoms with Gasteiger partial charge < -0.3 is 14.9 Å². The third-order valence-corrected chi connectivity index (χ3v) is 7.39. The van der Waals surface area contributed by atoms with Crippen molar-refractivity contribution in [2.75, 3.05) is 18.0 Å². The van der Waals surface area contributed by atoms with E-state index >= 15 is 0 Å². The number of anilines is 1. The molecule has 166 valence electrons. The molecule has 0 saturated carbocycles. The van der Waals surface area contributed by atoms with Crippen LogP contribution in [-0.4, -0.2) is 60.9 Å². The van der Waals surface area contributed by atoms with E-state index in [1.54, 1.807) is 0 Å². The number of hydrogen-bond donors (Lipinski definition) is 1. The Hall–Kier alpha value is -2.48. The van der Waals surface area contributed by atoms with Crippen molar-refractivity contribution in [3.8, 4) is 0 Å². The summed E-state index contributed by atoms with van der Waals surface area (Å²) in [6.07, 6.45) is 7.50. The third kappa shape index (κ3) is 3.60. The molecule has 8 heteroatoms. The molecule has 2 aromatic heterocycles. The van der Waals surface area contributed by atoms with Crippen LogP contribution >= 0.6 is 0 Å². The number of carbonyl (C=O) groups excluding carboxylic acids is 1. The Labute approximate surface area is 183 Å². The molecule has 2 fully saturated rings. The van der Waals surface area contributed by atoms with Crippen molar-refractivity contribution in [2.24, 2.45) is 7.05 Å². The fourth-order valence-electron chi connectivity index (χ4n) is 5.68. The van der Waals surface area contributed by atoms with Gasteiger partial charge in [0, 0.05) is 56.5 Å². The summed E-state index contributed by atoms with van der Waals surface area (Å²) in [7, 11) is 1.95. The van der Waals surface area contributed by atoms with Gasteiger partial charge >= 0.3 is 0 Å². The normalized spacial score (nSPS) is 25.1. The number of aryl methyl sites for hydroxylation is 2. The summed E-state index contributed by atoms with van der Waals surface area (Å²) < 4.78 is 1.90. The number of nitrogens with zero attached hydrogens (tertiary/aromatic N) is 6. The fourth-order valence-corrected chi connectivity index (χ4v) is 5.68. The lowest BCUT2D eigenvalue weighted by Gasteiger charge is -2.37. The van der Waals surface area contributed by atoms with E-state index in [9.17, 15) is 9.90 Å². The number of aliphatic hydroxyl groups is 1. The number of fused-ring (bicyclic) bond motifs is 4. The highest BCUT2D eigenvalue weighted by atomic mass is 16.3. The van der Waals surface area contributed by atoms with Crippen molar-refractivity contribution in [3.63, 3.8) is 0 Å². The molecule has 2 saturated heterocycles. The minimum atomic E-state index is -0.301. The quantitative estimate of drug-likeness (QED) is 0.808. The van der Waals surface area contributed by atoms with Crippen molar-refractivity contribution in [1.29, 1.82) is 0 Å². The first-order valence-electron chi connectivity index (χ1n) is 11.5. The monoisotopic (exact) mass is 424 g/mol. The lowest BCUT2D eigenvalue weighted by Crippen LogP contribution is -2.43. The van der Waals surface area contributed by atoms with Gasteiger partial charge in [-0.25, -0.2) is 9.97 Å². The molecule has 0 radical (unpaired) electrons. The van der Waals surface area contributed by atoms with Crippen molar-refractivity contribution in [2.45, 2.75) is 77.0 Å². The number of β-amino-alcohol motifs (C(OH)–C–C–N with tert-alkyl or cyclic N) is 1. The Bertz CT molecular complexity index is 1000. The maximum absolute atomic E-state index is 13.2. The van der Waals surface area contributed by atoms with E-state index in [1.807, 2.05) is 24.9 Å². The highest BCUT2D eigenvalue weighted by molar-refractivity contribution is 5.78. The molecule has 5 heterocycles. The predicted octanol–water partition coefficient (Wildman–Crippen LogP) is 2.01. The van der Waals surface area contributed by atoms with Gasteiger partial charge in [0.2, 0.25) is 11.9 Å². The van der Waals surface area contributed by atoms with Crippen molar-refractivity contribution < 1.29 is 9.90 Å². The number of amides is 1. The fraction of sp³-hybridized carbons (Fsp3) is 0.652. The van der Waals surface area contributed by atoms with Crippen LogP contribution in [0.1, 0.15) is 66.4 Å². The van der Waals surface area contributed by atoms with Crippen LogP contribution in [0.3, 0.4) is 0 Å². The van der Waals surface area contributed by atoms with E-state index in [0.717, 1.165) is 73.7 Å². The molecule has 0 spiro atoms. The van der Waals surface area contributed by atoms with Crippen LogP contribution < -0.4 is 4.90 Å². The number of rotatable bonds is 4. The summed E-state index contributed by atoms with van der Waals surface area (Å²) in [4.78, 5) is 27.0. The standard InChI is InChI=1S/C23H32N6O2/c1-14-18(15(2)27(3)26-14)7-9-22(31)29-16-6-8-21(29)19-12-24-23(25-20(19)11-16)28-10-4-5-17(30)13-28/h12,16-17,21,30H,4-11,13H2,1-3H3. The van der Waals surface area contributed by atoms with E-state index in [-0.39, 0.29) is 24.1 Å². The summed E-state index contributed by atoms with van der Waals surface area (Å²) in [5, 5.41) is 14.5. The zero-order valence-corrected chi connectivity index (χ0v) is 18.7. The van der Waals surface area contributed by atoms with Gasteiger partial charge in [-0.05, 0) is 51.5 Å². The minimum absolute atomic E-state index is 0.0957. The molecule has 1 N–H and O–H groups in total. The number of piperidine rings is 1. The Morgan fingerprint density at radius 1 is 1.26 bits per heavy atom. The molecular formula is C23H32N6O2. The van der Waals surface area contributed by atoms with Crippen LogP contribution in [0.5, 0.6) is 0 Å². The Morgan fingerprint density at radius 3 is 2.84 bits per heavy atom. The second-order valence-electron chi connectivity index (χ2n) is 9.34. The molecule has 3 atom stereocenters. The lowest BCUT2D eigenvalue weighted by molar-refractivity contribution is -0.134. The molecular weight excluding hydrogens is 392 g/mol. The topological polar surface area (TPSA) is 87.4 Å². The van der Waals surface area contributed by atoms with Crippen molar-refractivity contribution in [3.05, 3.63) is 34.4 Å². The van der Waals surface area contributed by atoms with Gasteiger partial charge in [0.25, 0.3) is 0 Å². The van der Waals surface area contributed by atoms with Crippen LogP contribution in [0, 0.1) is 13.8 Å². The first-order valence-corrected chi connectivity index (χ1v) is 11.5. The second kappa shape index (κ2) is 7.89. The average molecular weight is 425 g/mol. The highest BCUT2D eigenvalue weighted by Crippen LogP contribution is 2.43. The number of aromatic nitrogens is 4. The van der Waals surface area contributed by atoms with Gasteiger partial charge in [0.1, 0.15) is 0 Å². The maximum atomic E-state index is 13.2. The lowest BCUT2D eigenvalue weighted by atomic mass is 9.98. The molecule has 1 amide bonds. The van der Waals surface area contributed by atoms with Crippen LogP contribution in [-0.2, 0) is 24.7 Å². The van der Waals surface area contributed by atoms with E-state index < -0.39 is 0 Å². The largest absolute Gasteiger partial charge is 0.391 e. The van der Waals surface area contributed by atoms with Gasteiger partial charge in [0.05, 0.1) is 23.5 Å². The average Bonchev–Trinajstić information content (AvgIpc) is 3.20. The molecule has 0 aromatic carbocycles. The van der Waals surface area contributed by atoms with E-state index in [1.165, 1.54) is 5.56 Å². The molecule has 2 aromatic rings. The molecule has 5 rings (SSSR count). The highest BCUT2D eigenvalue weighted by Gasteiger charge is 2.43. The number of hydrogen-bond acceptors (Lipinski definition) is 6. The molecule has 3 unspecified atom stereocenters. The summed E-state index contributed by atoms with van der Waals surface area (Å²) in [6, 6.07) is 0.328. The molecule has 0 aliphatic carbocycles. The maximum Gasteiger partial charge on any atom is 0.225 e. The summed E-state index contributed by atoms with van der Waals surface area (Å²) in [6.45, 7) is 5.57. The Balaban J connectivity index is 1.32. The zero-order chi connectivity index (χ0) is 21.7. The molecule has 8 nitrogen and oxygen atoms in total. The van der Waals surface area contributed by atoms with Crippen LogP contribution in [0.15, 0.2) is 6.20 Å². The predicted molar refractivity (Wildman–Crippen MR) is 117 cm³/mol. The van der Waals surface area contributed by atoms with Gasteiger partial charge in [-0.2, -0.15) is 5.10 Å². The van der Waals surface area contributed by atoms with Gasteiger partial charge in [-0.15, -0.1) is 0 Å². The molecule has 31 heavy (non-hydrogen) atoms. The zero-order valence-electron chi connectivity index (χ0n) is 18.7. The minimum Gasteiger partial charge on any atom is -0.391 e. The third-order valence-electron chi connectivity index (χ3n) is 7.39. The van der Waals surface area contributed by atoms with Crippen molar-refractivity contribution >= 4 is 11.9 Å². The number of carbonyl (C=O) groups is 1.